The predicted octanol–water partition coefficient (Wildman–Crippen LogP) is 5.56. The van der Waals surface area contributed by atoms with Crippen LogP contribution in [0.5, 0.6) is 5.75 Å². The molecule has 0 atom stereocenters. The number of rotatable bonds is 6. The molecule has 1 aliphatic heterocycles. The summed E-state index contributed by atoms with van der Waals surface area (Å²) < 4.78 is 7.72. The van der Waals surface area contributed by atoms with Gasteiger partial charge in [0, 0.05) is 42.3 Å². The molecule has 0 unspecified atom stereocenters. The quantitative estimate of drug-likeness (QED) is 0.525. The van der Waals surface area contributed by atoms with Gasteiger partial charge in [-0.2, -0.15) is 5.10 Å². The molecule has 2 heterocycles. The van der Waals surface area contributed by atoms with Gasteiger partial charge in [0.2, 0.25) is 0 Å². The number of halogens is 2. The minimum Gasteiger partial charge on any atom is -0.492 e. The zero-order valence-corrected chi connectivity index (χ0v) is 18.5. The molecule has 1 N–H and O–H groups in total. The van der Waals surface area contributed by atoms with E-state index in [4.69, 9.17) is 27.9 Å². The molecule has 0 saturated carbocycles. The van der Waals surface area contributed by atoms with E-state index in [1.54, 1.807) is 24.4 Å². The first-order valence-electron chi connectivity index (χ1n) is 10.3. The Labute approximate surface area is 191 Å². The van der Waals surface area contributed by atoms with Crippen LogP contribution in [0.25, 0.3) is 0 Å². The Morgan fingerprint density at radius 1 is 1.13 bits per heavy atom. The van der Waals surface area contributed by atoms with Crippen LogP contribution in [0.15, 0.2) is 60.9 Å². The molecular weight excluding hydrogens is 435 g/mol. The minimum atomic E-state index is -0.0721. The molecule has 0 radical (unpaired) electrons. The lowest BCUT2D eigenvalue weighted by atomic mass is 9.98. The Bertz CT molecular complexity index is 1000. The minimum absolute atomic E-state index is 0.0721. The highest BCUT2D eigenvalue weighted by atomic mass is 35.5. The van der Waals surface area contributed by atoms with E-state index in [1.165, 1.54) is 0 Å². The monoisotopic (exact) mass is 458 g/mol. The molecule has 6 nitrogen and oxygen atoms in total. The maximum atomic E-state index is 12.6. The number of aromatic nitrogens is 2. The number of hydrogen-bond donors (Lipinski definition) is 1. The van der Waals surface area contributed by atoms with Gasteiger partial charge in [-0.1, -0.05) is 35.3 Å². The van der Waals surface area contributed by atoms with E-state index in [-0.39, 0.29) is 6.03 Å². The lowest BCUT2D eigenvalue weighted by Gasteiger charge is -2.32. The molecule has 2 amide bonds. The third-order valence-corrected chi connectivity index (χ3v) is 5.93. The van der Waals surface area contributed by atoms with E-state index in [0.717, 1.165) is 24.1 Å². The standard InChI is InChI=1S/C23H24Cl2N4O2/c24-19-4-7-21(25)22(14-19)31-16-18-8-12-28(13-9-18)23(30)27-20-5-2-17(3-6-20)15-29-11-1-10-26-29/h1-7,10-11,14,18H,8-9,12-13,15-16H2,(H,27,30). The molecule has 1 aromatic heterocycles. The normalized spacial score (nSPS) is 14.5. The topological polar surface area (TPSA) is 59.4 Å². The second-order valence-electron chi connectivity index (χ2n) is 7.65. The number of nitrogens with one attached hydrogen (secondary N) is 1. The summed E-state index contributed by atoms with van der Waals surface area (Å²) in [5.41, 5.74) is 1.91. The van der Waals surface area contributed by atoms with E-state index in [9.17, 15) is 4.79 Å². The number of likely N-dealkylation sites (tertiary alicyclic amines) is 1. The van der Waals surface area contributed by atoms with Gasteiger partial charge in [0.15, 0.2) is 0 Å². The average molecular weight is 459 g/mol. The molecule has 4 rings (SSSR count). The fourth-order valence-electron chi connectivity index (χ4n) is 3.58. The number of carbonyl (C=O) groups is 1. The summed E-state index contributed by atoms with van der Waals surface area (Å²) in [6, 6.07) is 14.9. The van der Waals surface area contributed by atoms with E-state index in [1.807, 2.05) is 46.1 Å². The summed E-state index contributed by atoms with van der Waals surface area (Å²) in [6.07, 6.45) is 5.45. The van der Waals surface area contributed by atoms with Gasteiger partial charge in [-0.15, -0.1) is 0 Å². The van der Waals surface area contributed by atoms with Crippen molar-refractivity contribution in [3.05, 3.63) is 76.5 Å². The largest absolute Gasteiger partial charge is 0.492 e. The van der Waals surface area contributed by atoms with Crippen molar-refractivity contribution in [2.75, 3.05) is 25.0 Å². The summed E-state index contributed by atoms with van der Waals surface area (Å²) >= 11 is 12.2. The number of hydrogen-bond acceptors (Lipinski definition) is 3. The van der Waals surface area contributed by atoms with Crippen molar-refractivity contribution in [2.24, 2.45) is 5.92 Å². The van der Waals surface area contributed by atoms with Gasteiger partial charge in [0.25, 0.3) is 0 Å². The highest BCUT2D eigenvalue weighted by Crippen LogP contribution is 2.29. The maximum Gasteiger partial charge on any atom is 0.321 e. The van der Waals surface area contributed by atoms with E-state index in [0.29, 0.717) is 48.0 Å². The van der Waals surface area contributed by atoms with Gasteiger partial charge in [0.1, 0.15) is 5.75 Å². The number of nitrogens with zero attached hydrogens (tertiary/aromatic N) is 3. The van der Waals surface area contributed by atoms with Crippen LogP contribution in [0.1, 0.15) is 18.4 Å². The molecule has 1 fully saturated rings. The van der Waals surface area contributed by atoms with Crippen LogP contribution in [-0.4, -0.2) is 40.4 Å². The first kappa shape index (κ1) is 21.5. The second kappa shape index (κ2) is 10.1. The summed E-state index contributed by atoms with van der Waals surface area (Å²) in [7, 11) is 0. The van der Waals surface area contributed by atoms with Crippen molar-refractivity contribution in [3.63, 3.8) is 0 Å². The lowest BCUT2D eigenvalue weighted by Crippen LogP contribution is -2.42. The molecule has 0 bridgehead atoms. The van der Waals surface area contributed by atoms with Gasteiger partial charge in [-0.3, -0.25) is 4.68 Å². The number of carbonyl (C=O) groups excluding carboxylic acids is 1. The number of ether oxygens (including phenoxy) is 1. The maximum absolute atomic E-state index is 12.6. The molecule has 0 spiro atoms. The van der Waals surface area contributed by atoms with Gasteiger partial charge in [-0.05, 0) is 54.7 Å². The molecule has 2 aromatic carbocycles. The number of urea groups is 1. The fraction of sp³-hybridized carbons (Fsp3) is 0.304. The van der Waals surface area contributed by atoms with E-state index < -0.39 is 0 Å². The molecule has 8 heteroatoms. The average Bonchev–Trinajstić information content (AvgIpc) is 3.29. The fourth-order valence-corrected chi connectivity index (χ4v) is 3.91. The van der Waals surface area contributed by atoms with Crippen LogP contribution < -0.4 is 10.1 Å². The predicted molar refractivity (Wildman–Crippen MR) is 123 cm³/mol. The molecule has 0 aliphatic carbocycles. The van der Waals surface area contributed by atoms with Crippen LogP contribution >= 0.6 is 23.2 Å². The number of benzene rings is 2. The third kappa shape index (κ3) is 5.93. The van der Waals surface area contributed by atoms with Crippen molar-refractivity contribution in [1.82, 2.24) is 14.7 Å². The molecular formula is C23H24Cl2N4O2. The van der Waals surface area contributed by atoms with Gasteiger partial charge in [-0.25, -0.2) is 4.79 Å². The van der Waals surface area contributed by atoms with Gasteiger partial charge >= 0.3 is 6.03 Å². The SMILES string of the molecule is O=C(Nc1ccc(Cn2cccn2)cc1)N1CCC(COc2cc(Cl)ccc2Cl)CC1. The Morgan fingerprint density at radius 3 is 2.61 bits per heavy atom. The zero-order chi connectivity index (χ0) is 21.6. The van der Waals surface area contributed by atoms with Gasteiger partial charge in [0.05, 0.1) is 18.2 Å². The first-order chi connectivity index (χ1) is 15.1. The first-order valence-corrected chi connectivity index (χ1v) is 11.0. The number of piperidine rings is 1. The van der Waals surface area contributed by atoms with Crippen LogP contribution in [0, 0.1) is 5.92 Å². The number of amides is 2. The molecule has 162 valence electrons. The Balaban J connectivity index is 1.22. The van der Waals surface area contributed by atoms with Crippen molar-refractivity contribution in [3.8, 4) is 5.75 Å². The van der Waals surface area contributed by atoms with Crippen molar-refractivity contribution >= 4 is 34.9 Å². The van der Waals surface area contributed by atoms with Crippen molar-refractivity contribution in [2.45, 2.75) is 19.4 Å². The Morgan fingerprint density at radius 2 is 1.90 bits per heavy atom. The molecule has 1 aliphatic rings. The summed E-state index contributed by atoms with van der Waals surface area (Å²) in [4.78, 5) is 14.5. The highest BCUT2D eigenvalue weighted by Gasteiger charge is 2.23. The lowest BCUT2D eigenvalue weighted by molar-refractivity contribution is 0.153. The second-order valence-corrected chi connectivity index (χ2v) is 8.49. The Hall–Kier alpha value is -2.70. The highest BCUT2D eigenvalue weighted by molar-refractivity contribution is 6.34. The van der Waals surface area contributed by atoms with Gasteiger partial charge < -0.3 is 15.0 Å². The summed E-state index contributed by atoms with van der Waals surface area (Å²) in [6.45, 7) is 2.66. The van der Waals surface area contributed by atoms with Crippen LogP contribution in [0.2, 0.25) is 10.0 Å². The van der Waals surface area contributed by atoms with Crippen LogP contribution in [-0.2, 0) is 6.54 Å². The summed E-state index contributed by atoms with van der Waals surface area (Å²) in [5, 5.41) is 8.34. The zero-order valence-electron chi connectivity index (χ0n) is 17.0. The van der Waals surface area contributed by atoms with Crippen LogP contribution in [0.3, 0.4) is 0 Å². The molecule has 31 heavy (non-hydrogen) atoms. The van der Waals surface area contributed by atoms with Crippen LogP contribution in [0.4, 0.5) is 10.5 Å². The Kier molecular flexibility index (Phi) is 6.99. The smallest absolute Gasteiger partial charge is 0.321 e. The molecule has 3 aromatic rings. The summed E-state index contributed by atoms with van der Waals surface area (Å²) in [5.74, 6) is 0.978. The van der Waals surface area contributed by atoms with E-state index in [2.05, 4.69) is 10.4 Å². The number of anilines is 1. The van der Waals surface area contributed by atoms with Crippen molar-refractivity contribution in [1.29, 1.82) is 0 Å². The molecule has 1 saturated heterocycles. The van der Waals surface area contributed by atoms with Crippen molar-refractivity contribution < 1.29 is 9.53 Å². The van der Waals surface area contributed by atoms with E-state index >= 15 is 0 Å². The third-order valence-electron chi connectivity index (χ3n) is 5.38.